The summed E-state index contributed by atoms with van der Waals surface area (Å²) in [5.74, 6) is -0.972. The topological polar surface area (TPSA) is 120 Å². The maximum Gasteiger partial charge on any atom is 0.250 e. The number of fused-ring (bicyclic) bond motifs is 1. The summed E-state index contributed by atoms with van der Waals surface area (Å²) in [5.41, 5.74) is 2.31. The molecule has 3 aromatic heterocycles. The third-order valence-corrected chi connectivity index (χ3v) is 7.25. The van der Waals surface area contributed by atoms with Gasteiger partial charge in [0.1, 0.15) is 30.3 Å². The molecule has 4 heterocycles. The normalized spacial score (nSPS) is 17.0. The summed E-state index contributed by atoms with van der Waals surface area (Å²) < 4.78 is 36.2. The molecular weight excluding hydrogens is 556 g/mol. The number of aromatic nitrogens is 6. The Bertz CT molecular complexity index is 1800. The molecule has 10 nitrogen and oxygen atoms in total. The average molecular weight is 578 g/mol. The van der Waals surface area contributed by atoms with E-state index in [0.717, 1.165) is 11.1 Å². The summed E-state index contributed by atoms with van der Waals surface area (Å²) in [6.07, 6.45) is 1.99. The predicted octanol–water partition coefficient (Wildman–Crippen LogP) is 5.16. The number of carbonyl (C=O) groups is 2. The van der Waals surface area contributed by atoms with E-state index in [2.05, 4.69) is 25.3 Å². The number of alkyl halides is 1. The van der Waals surface area contributed by atoms with Crippen molar-refractivity contribution in [1.29, 1.82) is 0 Å². The number of nitrogens with zero attached hydrogens (tertiary/aromatic N) is 7. The molecule has 1 fully saturated rings. The van der Waals surface area contributed by atoms with Gasteiger partial charge in [-0.15, -0.1) is 10.2 Å². The van der Waals surface area contributed by atoms with Crippen LogP contribution in [0.15, 0.2) is 53.2 Å². The zero-order valence-electron chi connectivity index (χ0n) is 21.9. The molecule has 13 heteroatoms. The van der Waals surface area contributed by atoms with Crippen molar-refractivity contribution in [2.24, 2.45) is 0 Å². The number of hydrogen-bond acceptors (Lipinski definition) is 8. The molecule has 6 rings (SSSR count). The van der Waals surface area contributed by atoms with Crippen LogP contribution in [0.5, 0.6) is 0 Å². The number of halogens is 3. The first-order chi connectivity index (χ1) is 19.7. The number of carbonyl (C=O) groups excluding carboxylic acids is 2. The van der Waals surface area contributed by atoms with Gasteiger partial charge in [0.25, 0.3) is 5.89 Å². The Kier molecular flexibility index (Phi) is 6.78. The highest BCUT2D eigenvalue weighted by atomic mass is 35.5. The minimum atomic E-state index is -1.33. The van der Waals surface area contributed by atoms with Gasteiger partial charge >= 0.3 is 0 Å². The van der Waals surface area contributed by atoms with Gasteiger partial charge < -0.3 is 9.32 Å². The minimum Gasteiger partial charge on any atom is -0.418 e. The van der Waals surface area contributed by atoms with E-state index in [1.165, 1.54) is 34.7 Å². The zero-order chi connectivity index (χ0) is 28.8. The summed E-state index contributed by atoms with van der Waals surface area (Å²) in [4.78, 5) is 35.7. The Hall–Kier alpha value is -4.58. The number of rotatable bonds is 6. The molecule has 0 radical (unpaired) electrons. The van der Waals surface area contributed by atoms with Crippen molar-refractivity contribution >= 4 is 34.2 Å². The van der Waals surface area contributed by atoms with Crippen molar-refractivity contribution in [2.75, 3.05) is 6.54 Å². The summed E-state index contributed by atoms with van der Waals surface area (Å²) in [6, 6.07) is 8.89. The molecule has 1 saturated heterocycles. The molecule has 2 aromatic carbocycles. The summed E-state index contributed by atoms with van der Waals surface area (Å²) in [5, 5.41) is 12.7. The number of hydrogen-bond donors (Lipinski definition) is 0. The Labute approximate surface area is 237 Å². The lowest BCUT2D eigenvalue weighted by molar-refractivity contribution is -0.133. The van der Waals surface area contributed by atoms with Crippen LogP contribution in [0.3, 0.4) is 0 Å². The fourth-order valence-electron chi connectivity index (χ4n) is 4.94. The quantitative estimate of drug-likeness (QED) is 0.254. The second-order valence-corrected chi connectivity index (χ2v) is 10.2. The monoisotopic (exact) mass is 577 g/mol. The molecule has 5 aromatic rings. The summed E-state index contributed by atoms with van der Waals surface area (Å²) >= 11 is 5.86. The molecule has 1 aliphatic rings. The van der Waals surface area contributed by atoms with Crippen LogP contribution in [0.1, 0.15) is 41.6 Å². The summed E-state index contributed by atoms with van der Waals surface area (Å²) in [6.45, 7) is 2.73. The van der Waals surface area contributed by atoms with Gasteiger partial charge in [-0.1, -0.05) is 23.7 Å². The Balaban J connectivity index is 1.29. The molecular formula is C28H22ClF2N7O3. The lowest BCUT2D eigenvalue weighted by atomic mass is 10.0. The Morgan fingerprint density at radius 2 is 1.90 bits per heavy atom. The Morgan fingerprint density at radius 3 is 2.66 bits per heavy atom. The molecule has 2 atom stereocenters. The second kappa shape index (κ2) is 10.4. The predicted molar refractivity (Wildman–Crippen MR) is 144 cm³/mol. The lowest BCUT2D eigenvalue weighted by Gasteiger charge is -2.21. The highest BCUT2D eigenvalue weighted by Crippen LogP contribution is 2.36. The van der Waals surface area contributed by atoms with E-state index >= 15 is 0 Å². The van der Waals surface area contributed by atoms with Gasteiger partial charge in [-0.25, -0.2) is 18.7 Å². The van der Waals surface area contributed by atoms with Crippen LogP contribution in [0.2, 0.25) is 5.02 Å². The second-order valence-electron chi connectivity index (χ2n) is 9.76. The van der Waals surface area contributed by atoms with E-state index in [1.807, 2.05) is 6.07 Å². The van der Waals surface area contributed by atoms with Crippen molar-refractivity contribution in [3.8, 4) is 22.6 Å². The van der Waals surface area contributed by atoms with Gasteiger partial charge in [-0.05, 0) is 36.8 Å². The first-order valence-electron chi connectivity index (χ1n) is 12.7. The van der Waals surface area contributed by atoms with Gasteiger partial charge in [-0.3, -0.25) is 14.3 Å². The SMILES string of the molecule is CC(=O)c1nn(CC(=O)N2C[C@H](F)C[C@H]2c2nnc(-c3cccc(Cl)c3F)o2)c2ccc(-c3cnc(C)nc3)cc12. The van der Waals surface area contributed by atoms with Crippen LogP contribution in [0.4, 0.5) is 8.78 Å². The molecule has 1 aliphatic heterocycles. The molecule has 0 bridgehead atoms. The molecule has 0 unspecified atom stereocenters. The van der Waals surface area contributed by atoms with Crippen LogP contribution in [0.25, 0.3) is 33.5 Å². The molecule has 0 saturated carbocycles. The smallest absolute Gasteiger partial charge is 0.250 e. The van der Waals surface area contributed by atoms with E-state index in [1.54, 1.807) is 31.5 Å². The first-order valence-corrected chi connectivity index (χ1v) is 13.1. The van der Waals surface area contributed by atoms with E-state index in [-0.39, 0.29) is 53.4 Å². The maximum atomic E-state index is 14.6. The Morgan fingerprint density at radius 1 is 1.12 bits per heavy atom. The third-order valence-electron chi connectivity index (χ3n) is 6.96. The number of ketones is 1. The van der Waals surface area contributed by atoms with Crippen LogP contribution < -0.4 is 0 Å². The van der Waals surface area contributed by atoms with Crippen LogP contribution in [-0.4, -0.2) is 59.3 Å². The van der Waals surface area contributed by atoms with Crippen LogP contribution >= 0.6 is 11.6 Å². The largest absolute Gasteiger partial charge is 0.418 e. The molecule has 1 amide bonds. The number of benzene rings is 2. The molecule has 0 aliphatic carbocycles. The van der Waals surface area contributed by atoms with Gasteiger partial charge in [-0.2, -0.15) is 5.10 Å². The van der Waals surface area contributed by atoms with Crippen molar-refractivity contribution in [3.05, 3.63) is 77.0 Å². The minimum absolute atomic E-state index is 0.000245. The number of aryl methyl sites for hydroxylation is 1. The molecule has 0 spiro atoms. The molecule has 41 heavy (non-hydrogen) atoms. The summed E-state index contributed by atoms with van der Waals surface area (Å²) in [7, 11) is 0. The fourth-order valence-corrected chi connectivity index (χ4v) is 5.12. The molecule has 0 N–H and O–H groups in total. The van der Waals surface area contributed by atoms with Gasteiger partial charge in [0, 0.05) is 36.7 Å². The number of Topliss-reactive ketones (excluding diaryl/α,β-unsaturated/α-hetero) is 1. The van der Waals surface area contributed by atoms with Crippen LogP contribution in [-0.2, 0) is 11.3 Å². The lowest BCUT2D eigenvalue weighted by Crippen LogP contribution is -2.34. The molecule has 208 valence electrons. The fraction of sp³-hybridized carbons (Fsp3) is 0.250. The van der Waals surface area contributed by atoms with Crippen molar-refractivity contribution in [1.82, 2.24) is 34.8 Å². The van der Waals surface area contributed by atoms with Crippen LogP contribution in [0, 0.1) is 12.7 Å². The van der Waals surface area contributed by atoms with Crippen molar-refractivity contribution in [3.63, 3.8) is 0 Å². The zero-order valence-corrected chi connectivity index (χ0v) is 22.6. The average Bonchev–Trinajstić information content (AvgIpc) is 3.68. The van der Waals surface area contributed by atoms with Gasteiger partial charge in [0.2, 0.25) is 11.8 Å². The van der Waals surface area contributed by atoms with Gasteiger partial charge in [0.15, 0.2) is 11.6 Å². The van der Waals surface area contributed by atoms with E-state index in [0.29, 0.717) is 16.7 Å². The highest BCUT2D eigenvalue weighted by molar-refractivity contribution is 6.31. The van der Waals surface area contributed by atoms with E-state index in [9.17, 15) is 18.4 Å². The number of amides is 1. The van der Waals surface area contributed by atoms with Gasteiger partial charge in [0.05, 0.1) is 22.6 Å². The number of likely N-dealkylation sites (tertiary alicyclic amines) is 1. The standard InChI is InChI=1S/C28H22ClF2N7O3/c1-14(39)26-20-8-16(17-10-32-15(2)33-11-17)6-7-22(20)38(36-26)13-24(40)37-12-18(30)9-23(37)28-35-34-27(41-28)19-4-3-5-21(29)25(19)31/h3-8,10-11,18,23H,9,12-13H2,1-2H3/t18-,23+/m1/s1. The van der Waals surface area contributed by atoms with E-state index in [4.69, 9.17) is 16.0 Å². The highest BCUT2D eigenvalue weighted by Gasteiger charge is 2.40. The van der Waals surface area contributed by atoms with Crippen molar-refractivity contribution < 1.29 is 22.8 Å². The first kappa shape index (κ1) is 26.6. The van der Waals surface area contributed by atoms with Crippen molar-refractivity contribution in [2.45, 2.75) is 39.0 Å². The maximum absolute atomic E-state index is 14.6. The van der Waals surface area contributed by atoms with E-state index < -0.39 is 23.9 Å². The third kappa shape index (κ3) is 4.95.